The van der Waals surface area contributed by atoms with Crippen molar-refractivity contribution in [1.29, 1.82) is 0 Å². The number of likely N-dealkylation sites (tertiary alicyclic amines) is 3. The number of hydrogen-bond acceptors (Lipinski definition) is 5. The van der Waals surface area contributed by atoms with Gasteiger partial charge in [0, 0.05) is 50.8 Å². The highest BCUT2D eigenvalue weighted by Gasteiger charge is 2.48. The lowest BCUT2D eigenvalue weighted by Crippen LogP contribution is -2.46. The van der Waals surface area contributed by atoms with Gasteiger partial charge in [0.25, 0.3) is 0 Å². The lowest BCUT2D eigenvalue weighted by molar-refractivity contribution is -0.139. The third kappa shape index (κ3) is 6.41. The van der Waals surface area contributed by atoms with Crippen LogP contribution in [0, 0.1) is 17.3 Å². The van der Waals surface area contributed by atoms with Gasteiger partial charge in [-0.3, -0.25) is 9.59 Å². The minimum absolute atomic E-state index is 0. The van der Waals surface area contributed by atoms with Gasteiger partial charge in [-0.15, -0.1) is 12.4 Å². The summed E-state index contributed by atoms with van der Waals surface area (Å²) in [6, 6.07) is 17.6. The molecule has 4 aliphatic rings. The molecule has 3 heterocycles. The molecule has 2 aromatic rings. The van der Waals surface area contributed by atoms with Crippen LogP contribution in [0.15, 0.2) is 59.5 Å². The van der Waals surface area contributed by atoms with Gasteiger partial charge in [0.1, 0.15) is 0 Å². The summed E-state index contributed by atoms with van der Waals surface area (Å²) in [4.78, 5) is 33.9. The van der Waals surface area contributed by atoms with Crippen LogP contribution in [0.2, 0.25) is 0 Å². The van der Waals surface area contributed by atoms with E-state index in [1.54, 1.807) is 12.1 Å². The number of hydrogen-bond donors (Lipinski definition) is 0. The first-order valence-corrected chi connectivity index (χ1v) is 17.3. The molecule has 42 heavy (non-hydrogen) atoms. The molecular weight excluding hydrogens is 570 g/mol. The Morgan fingerprint density at radius 3 is 2.19 bits per heavy atom. The van der Waals surface area contributed by atoms with Gasteiger partial charge in [-0.1, -0.05) is 55.3 Å². The van der Waals surface area contributed by atoms with E-state index in [9.17, 15) is 18.0 Å². The van der Waals surface area contributed by atoms with Crippen LogP contribution in [-0.4, -0.2) is 80.5 Å². The summed E-state index contributed by atoms with van der Waals surface area (Å²) in [5.41, 5.74) is 2.02. The van der Waals surface area contributed by atoms with Crippen LogP contribution in [0.4, 0.5) is 0 Å². The van der Waals surface area contributed by atoms with Crippen LogP contribution in [-0.2, 0) is 26.0 Å². The predicted octanol–water partition coefficient (Wildman–Crippen LogP) is 4.76. The molecule has 0 bridgehead atoms. The van der Waals surface area contributed by atoms with Gasteiger partial charge in [0.15, 0.2) is 9.84 Å². The topological polar surface area (TPSA) is 78.0 Å². The van der Waals surface area contributed by atoms with Crippen molar-refractivity contribution in [1.82, 2.24) is 14.7 Å². The Morgan fingerprint density at radius 2 is 1.55 bits per heavy atom. The van der Waals surface area contributed by atoms with Crippen molar-refractivity contribution in [3.05, 3.63) is 65.7 Å². The fourth-order valence-corrected chi connectivity index (χ4v) is 8.44. The molecule has 6 rings (SSSR count). The van der Waals surface area contributed by atoms with E-state index in [1.165, 1.54) is 24.7 Å². The average Bonchev–Trinajstić information content (AvgIpc) is 3.72. The van der Waals surface area contributed by atoms with Gasteiger partial charge in [0.05, 0.1) is 10.3 Å². The fraction of sp³-hybridized carbons (Fsp3) is 0.576. The summed E-state index contributed by atoms with van der Waals surface area (Å²) in [6.07, 6.45) is 8.30. The zero-order chi connectivity index (χ0) is 28.6. The van der Waals surface area contributed by atoms with Crippen LogP contribution in [0.3, 0.4) is 0 Å². The maximum Gasteiger partial charge on any atom is 0.229 e. The van der Waals surface area contributed by atoms with E-state index < -0.39 is 9.84 Å². The van der Waals surface area contributed by atoms with E-state index in [1.807, 2.05) is 17.0 Å². The average molecular weight is 614 g/mol. The van der Waals surface area contributed by atoms with E-state index in [-0.39, 0.29) is 29.6 Å². The molecule has 1 saturated carbocycles. The van der Waals surface area contributed by atoms with E-state index in [0.717, 1.165) is 76.9 Å². The number of benzene rings is 2. The normalized spacial score (nSPS) is 24.8. The van der Waals surface area contributed by atoms with E-state index in [0.29, 0.717) is 29.2 Å². The fourth-order valence-electron chi connectivity index (χ4n) is 7.81. The van der Waals surface area contributed by atoms with E-state index in [4.69, 9.17) is 0 Å². The number of carbonyl (C=O) groups excluding carboxylic acids is 2. The quantitative estimate of drug-likeness (QED) is 0.450. The second kappa shape index (κ2) is 12.7. The van der Waals surface area contributed by atoms with Crippen LogP contribution in [0.25, 0.3) is 0 Å². The van der Waals surface area contributed by atoms with E-state index >= 15 is 0 Å². The number of rotatable bonds is 7. The smallest absolute Gasteiger partial charge is 0.229 e. The summed E-state index contributed by atoms with van der Waals surface area (Å²) in [5.74, 6) is 1.60. The second-order valence-corrected chi connectivity index (χ2v) is 15.0. The number of sulfone groups is 1. The van der Waals surface area contributed by atoms with Crippen molar-refractivity contribution in [3.63, 3.8) is 0 Å². The molecule has 228 valence electrons. The molecule has 1 spiro atoms. The lowest BCUT2D eigenvalue weighted by Gasteiger charge is -2.39. The maximum absolute atomic E-state index is 13.6. The van der Waals surface area contributed by atoms with Gasteiger partial charge in [-0.05, 0) is 74.4 Å². The Balaban J connectivity index is 0.00000353. The Labute approximate surface area is 257 Å². The Kier molecular flexibility index (Phi) is 9.36. The molecule has 1 aliphatic carbocycles. The maximum atomic E-state index is 13.6. The lowest BCUT2D eigenvalue weighted by atomic mass is 9.76. The first-order valence-electron chi connectivity index (χ1n) is 15.4. The minimum atomic E-state index is -3.23. The summed E-state index contributed by atoms with van der Waals surface area (Å²) < 4.78 is 23.6. The number of amides is 2. The molecule has 2 atom stereocenters. The van der Waals surface area contributed by atoms with Gasteiger partial charge in [-0.25, -0.2) is 8.42 Å². The number of halogens is 1. The van der Waals surface area contributed by atoms with Crippen LogP contribution >= 0.6 is 12.4 Å². The van der Waals surface area contributed by atoms with Crippen molar-refractivity contribution in [3.8, 4) is 0 Å². The molecule has 0 N–H and O–H groups in total. The number of carbonyl (C=O) groups is 2. The summed E-state index contributed by atoms with van der Waals surface area (Å²) in [6.45, 7) is 5.73. The van der Waals surface area contributed by atoms with Crippen LogP contribution < -0.4 is 0 Å². The van der Waals surface area contributed by atoms with Gasteiger partial charge in [-0.2, -0.15) is 0 Å². The zero-order valence-corrected chi connectivity index (χ0v) is 26.3. The minimum Gasteiger partial charge on any atom is -0.341 e. The summed E-state index contributed by atoms with van der Waals surface area (Å²) in [7, 11) is -3.23. The molecule has 0 radical (unpaired) electrons. The molecule has 2 amide bonds. The van der Waals surface area contributed by atoms with Gasteiger partial charge >= 0.3 is 0 Å². The highest BCUT2D eigenvalue weighted by atomic mass is 35.5. The highest BCUT2D eigenvalue weighted by molar-refractivity contribution is 7.90. The predicted molar refractivity (Wildman–Crippen MR) is 166 cm³/mol. The van der Waals surface area contributed by atoms with Crippen molar-refractivity contribution >= 4 is 34.1 Å². The molecule has 7 nitrogen and oxygen atoms in total. The first kappa shape index (κ1) is 31.0. The number of nitrogens with zero attached hydrogens (tertiary/aromatic N) is 3. The van der Waals surface area contributed by atoms with Crippen LogP contribution in [0.1, 0.15) is 62.0 Å². The molecular formula is C33H44ClN3O4S. The summed E-state index contributed by atoms with van der Waals surface area (Å²) in [5, 5.41) is 0. The molecule has 0 aromatic heterocycles. The Morgan fingerprint density at radius 1 is 0.905 bits per heavy atom. The van der Waals surface area contributed by atoms with Gasteiger partial charge in [0.2, 0.25) is 11.8 Å². The molecule has 0 unspecified atom stereocenters. The molecule has 2 aromatic carbocycles. The first-order chi connectivity index (χ1) is 19.7. The molecule has 3 saturated heterocycles. The van der Waals surface area contributed by atoms with Gasteiger partial charge < -0.3 is 14.7 Å². The van der Waals surface area contributed by atoms with Crippen molar-refractivity contribution in [2.75, 3.05) is 45.5 Å². The SMILES string of the molecule is CS(=O)(=O)c1ccc(CN2CCC3(CCN(C[C@H]4CN(C(=O)C5CCCC5)C[C@@H]4c4ccccc4)CC3)C2=O)cc1.Cl. The third-order valence-corrected chi connectivity index (χ3v) is 11.4. The largest absolute Gasteiger partial charge is 0.341 e. The molecule has 9 heteroatoms. The second-order valence-electron chi connectivity index (χ2n) is 13.0. The third-order valence-electron chi connectivity index (χ3n) is 10.3. The zero-order valence-electron chi connectivity index (χ0n) is 24.6. The van der Waals surface area contributed by atoms with Crippen molar-refractivity contribution in [2.24, 2.45) is 17.3 Å². The Hall–Kier alpha value is -2.42. The number of piperidine rings is 1. The summed E-state index contributed by atoms with van der Waals surface area (Å²) >= 11 is 0. The van der Waals surface area contributed by atoms with E-state index in [2.05, 4.69) is 40.1 Å². The highest BCUT2D eigenvalue weighted by Crippen LogP contribution is 2.43. The van der Waals surface area contributed by atoms with Crippen molar-refractivity contribution in [2.45, 2.75) is 62.3 Å². The molecule has 3 aliphatic heterocycles. The monoisotopic (exact) mass is 613 g/mol. The standard InChI is InChI=1S/C33H43N3O4S.ClH/c1-41(39,40)29-13-11-25(12-14-29)21-35-20-17-33(32(35)38)15-18-34(19-16-33)22-28-23-36(31(37)27-9-5-6-10-27)24-30(28)26-7-3-2-4-8-26;/h2-4,7-8,11-14,27-28,30H,5-6,9-10,15-24H2,1H3;1H/t28-,30+;/m0./s1. The molecule has 4 fully saturated rings. The van der Waals surface area contributed by atoms with Crippen LogP contribution in [0.5, 0.6) is 0 Å². The Bertz CT molecular complexity index is 1350. The van der Waals surface area contributed by atoms with Crippen molar-refractivity contribution < 1.29 is 18.0 Å².